The number of nitrogens with two attached hydrogens (primary N) is 1. The molecule has 1 saturated heterocycles. The van der Waals surface area contributed by atoms with Crippen molar-refractivity contribution in [2.75, 3.05) is 25.9 Å². The maximum absolute atomic E-state index is 12.7. The Bertz CT molecular complexity index is 454. The molecule has 1 aliphatic rings. The molecule has 0 amide bonds. The van der Waals surface area contributed by atoms with Crippen LogP contribution in [0.4, 0.5) is 18.9 Å². The highest BCUT2D eigenvalue weighted by atomic mass is 19.4. The van der Waals surface area contributed by atoms with Crippen LogP contribution in [0, 0.1) is 0 Å². The Balaban J connectivity index is 2.05. The van der Waals surface area contributed by atoms with E-state index in [9.17, 15) is 13.2 Å². The van der Waals surface area contributed by atoms with E-state index in [1.54, 1.807) is 13.2 Å². The first kappa shape index (κ1) is 15.1. The minimum Gasteiger partial charge on any atom is -0.399 e. The lowest BCUT2D eigenvalue weighted by molar-refractivity contribution is -0.137. The van der Waals surface area contributed by atoms with E-state index >= 15 is 0 Å². The van der Waals surface area contributed by atoms with E-state index in [-0.39, 0.29) is 11.8 Å². The van der Waals surface area contributed by atoms with E-state index in [1.165, 1.54) is 6.07 Å². The van der Waals surface area contributed by atoms with Crippen LogP contribution in [0.25, 0.3) is 0 Å². The molecule has 112 valence electrons. The van der Waals surface area contributed by atoms with Crippen LogP contribution in [0.5, 0.6) is 0 Å². The smallest absolute Gasteiger partial charge is 0.399 e. The maximum atomic E-state index is 12.7. The summed E-state index contributed by atoms with van der Waals surface area (Å²) >= 11 is 0. The zero-order valence-corrected chi connectivity index (χ0v) is 11.4. The minimum absolute atomic E-state index is 0.154. The minimum atomic E-state index is -4.35. The molecule has 6 heteroatoms. The van der Waals surface area contributed by atoms with Gasteiger partial charge in [-0.05, 0) is 36.6 Å². The molecule has 0 atom stereocenters. The van der Waals surface area contributed by atoms with Gasteiger partial charge in [-0.2, -0.15) is 13.2 Å². The first-order valence-electron chi connectivity index (χ1n) is 6.60. The largest absolute Gasteiger partial charge is 0.416 e. The van der Waals surface area contributed by atoms with Crippen molar-refractivity contribution in [3.8, 4) is 0 Å². The fourth-order valence-electron chi connectivity index (χ4n) is 2.53. The van der Waals surface area contributed by atoms with Gasteiger partial charge in [-0.3, -0.25) is 4.90 Å². The summed E-state index contributed by atoms with van der Waals surface area (Å²) < 4.78 is 43.5. The van der Waals surface area contributed by atoms with E-state index in [0.29, 0.717) is 12.1 Å². The number of benzene rings is 1. The van der Waals surface area contributed by atoms with Crippen LogP contribution in [0.15, 0.2) is 18.2 Å². The van der Waals surface area contributed by atoms with E-state index in [1.807, 2.05) is 0 Å². The standard InChI is InChI=1S/C14H19F3N2O/c1-20-13-2-4-19(5-3-13)9-10-6-11(14(15,16)17)8-12(18)7-10/h6-8,13H,2-5,9,18H2,1H3. The number of piperidine rings is 1. The second-order valence-electron chi connectivity index (χ2n) is 5.17. The van der Waals surface area contributed by atoms with Crippen LogP contribution >= 0.6 is 0 Å². The van der Waals surface area contributed by atoms with Gasteiger partial charge in [-0.25, -0.2) is 0 Å². The number of hydrogen-bond donors (Lipinski definition) is 1. The molecule has 1 aliphatic heterocycles. The Kier molecular flexibility index (Phi) is 4.55. The Labute approximate surface area is 116 Å². The number of alkyl halides is 3. The number of ether oxygens (including phenoxy) is 1. The lowest BCUT2D eigenvalue weighted by atomic mass is 10.0. The fourth-order valence-corrected chi connectivity index (χ4v) is 2.53. The number of halogens is 3. The van der Waals surface area contributed by atoms with Gasteiger partial charge in [-0.15, -0.1) is 0 Å². The zero-order chi connectivity index (χ0) is 14.8. The van der Waals surface area contributed by atoms with Crippen LogP contribution in [0.2, 0.25) is 0 Å². The summed E-state index contributed by atoms with van der Waals surface area (Å²) in [6.45, 7) is 2.15. The molecule has 2 N–H and O–H groups in total. The molecule has 2 rings (SSSR count). The quantitative estimate of drug-likeness (QED) is 0.869. The Morgan fingerprint density at radius 1 is 1.25 bits per heavy atom. The average molecular weight is 288 g/mol. The van der Waals surface area contributed by atoms with Crippen molar-refractivity contribution in [1.82, 2.24) is 4.90 Å². The molecule has 3 nitrogen and oxygen atoms in total. The third-order valence-corrected chi connectivity index (χ3v) is 3.62. The van der Waals surface area contributed by atoms with Crippen molar-refractivity contribution in [3.63, 3.8) is 0 Å². The van der Waals surface area contributed by atoms with Crippen molar-refractivity contribution in [3.05, 3.63) is 29.3 Å². The molecule has 0 aromatic heterocycles. The fraction of sp³-hybridized carbons (Fsp3) is 0.571. The summed E-state index contributed by atoms with van der Waals surface area (Å²) in [5.41, 5.74) is 5.64. The topological polar surface area (TPSA) is 38.5 Å². The summed E-state index contributed by atoms with van der Waals surface area (Å²) in [4.78, 5) is 2.13. The van der Waals surface area contributed by atoms with Gasteiger partial charge in [0.2, 0.25) is 0 Å². The molecule has 0 spiro atoms. The van der Waals surface area contributed by atoms with Crippen LogP contribution < -0.4 is 5.73 Å². The first-order chi connectivity index (χ1) is 9.38. The van der Waals surface area contributed by atoms with Crippen molar-refractivity contribution < 1.29 is 17.9 Å². The zero-order valence-electron chi connectivity index (χ0n) is 11.4. The van der Waals surface area contributed by atoms with Gasteiger partial charge in [0.15, 0.2) is 0 Å². The molecular formula is C14H19F3N2O. The van der Waals surface area contributed by atoms with Crippen LogP contribution in [-0.4, -0.2) is 31.2 Å². The highest BCUT2D eigenvalue weighted by Gasteiger charge is 2.31. The average Bonchev–Trinajstić information content (AvgIpc) is 2.38. The molecule has 1 aromatic carbocycles. The number of methoxy groups -OCH3 is 1. The van der Waals surface area contributed by atoms with Crippen molar-refractivity contribution in [1.29, 1.82) is 0 Å². The van der Waals surface area contributed by atoms with Gasteiger partial charge in [0.1, 0.15) is 0 Å². The first-order valence-corrected chi connectivity index (χ1v) is 6.60. The summed E-state index contributed by atoms with van der Waals surface area (Å²) in [5, 5.41) is 0. The molecule has 0 unspecified atom stereocenters. The molecule has 20 heavy (non-hydrogen) atoms. The number of nitrogen functional groups attached to an aromatic ring is 1. The molecule has 0 saturated carbocycles. The van der Waals surface area contributed by atoms with Gasteiger partial charge < -0.3 is 10.5 Å². The highest BCUT2D eigenvalue weighted by Crippen LogP contribution is 2.31. The molecular weight excluding hydrogens is 269 g/mol. The Morgan fingerprint density at radius 2 is 1.90 bits per heavy atom. The van der Waals surface area contributed by atoms with Crippen LogP contribution in [-0.2, 0) is 17.5 Å². The summed E-state index contributed by atoms with van der Waals surface area (Å²) in [5.74, 6) is 0. The lowest BCUT2D eigenvalue weighted by Gasteiger charge is -2.31. The van der Waals surface area contributed by atoms with E-state index < -0.39 is 11.7 Å². The molecule has 1 heterocycles. The van der Waals surface area contributed by atoms with Crippen LogP contribution in [0.3, 0.4) is 0 Å². The second-order valence-corrected chi connectivity index (χ2v) is 5.17. The number of hydrogen-bond acceptors (Lipinski definition) is 3. The Hall–Kier alpha value is -1.27. The third-order valence-electron chi connectivity index (χ3n) is 3.62. The Morgan fingerprint density at radius 3 is 2.45 bits per heavy atom. The molecule has 0 bridgehead atoms. The van der Waals surface area contributed by atoms with Gasteiger partial charge in [0.25, 0.3) is 0 Å². The normalized spacial score (nSPS) is 18.4. The van der Waals surface area contributed by atoms with Crippen molar-refractivity contribution in [2.24, 2.45) is 0 Å². The maximum Gasteiger partial charge on any atom is 0.416 e. The number of likely N-dealkylation sites (tertiary alicyclic amines) is 1. The predicted octanol–water partition coefficient (Wildman–Crippen LogP) is 2.90. The van der Waals surface area contributed by atoms with Crippen molar-refractivity contribution in [2.45, 2.75) is 31.7 Å². The number of rotatable bonds is 3. The summed E-state index contributed by atoms with van der Waals surface area (Å²) in [7, 11) is 1.69. The SMILES string of the molecule is COC1CCN(Cc2cc(N)cc(C(F)(F)F)c2)CC1. The molecule has 1 fully saturated rings. The van der Waals surface area contributed by atoms with Gasteiger partial charge in [-0.1, -0.05) is 0 Å². The number of nitrogens with zero attached hydrogens (tertiary/aromatic N) is 1. The van der Waals surface area contributed by atoms with E-state index in [0.717, 1.165) is 32.0 Å². The molecule has 0 radical (unpaired) electrons. The molecule has 1 aromatic rings. The van der Waals surface area contributed by atoms with E-state index in [4.69, 9.17) is 10.5 Å². The predicted molar refractivity (Wildman–Crippen MR) is 71.2 cm³/mol. The van der Waals surface area contributed by atoms with Gasteiger partial charge in [0, 0.05) is 32.4 Å². The van der Waals surface area contributed by atoms with Crippen molar-refractivity contribution >= 4 is 5.69 Å². The van der Waals surface area contributed by atoms with Crippen LogP contribution in [0.1, 0.15) is 24.0 Å². The van der Waals surface area contributed by atoms with E-state index in [2.05, 4.69) is 4.90 Å². The third kappa shape index (κ3) is 3.86. The summed E-state index contributed by atoms with van der Waals surface area (Å²) in [6, 6.07) is 3.76. The monoisotopic (exact) mass is 288 g/mol. The van der Waals surface area contributed by atoms with Gasteiger partial charge >= 0.3 is 6.18 Å². The summed E-state index contributed by atoms with van der Waals surface area (Å²) in [6.07, 6.45) is -2.28. The van der Waals surface area contributed by atoms with Gasteiger partial charge in [0.05, 0.1) is 11.7 Å². The number of anilines is 1. The lowest BCUT2D eigenvalue weighted by Crippen LogP contribution is -2.36. The molecule has 0 aliphatic carbocycles. The highest BCUT2D eigenvalue weighted by molar-refractivity contribution is 5.45. The second kappa shape index (κ2) is 6.01.